The number of nitrogens with one attached hydrogen (secondary N) is 1. The van der Waals surface area contributed by atoms with Gasteiger partial charge in [0.1, 0.15) is 11.4 Å². The van der Waals surface area contributed by atoms with Gasteiger partial charge in [-0.3, -0.25) is 15.5 Å². The molecule has 0 heterocycles. The molecule has 12 heteroatoms. The third-order valence-corrected chi connectivity index (χ3v) is 6.39. The van der Waals surface area contributed by atoms with E-state index in [1.54, 1.807) is 19.9 Å². The van der Waals surface area contributed by atoms with Gasteiger partial charge >= 0.3 is 6.61 Å². The molecule has 0 aromatic heterocycles. The number of nitrogens with zero attached hydrogens (tertiary/aromatic N) is 3. The zero-order valence-electron chi connectivity index (χ0n) is 17.1. The molecule has 0 bridgehead atoms. The van der Waals surface area contributed by atoms with Gasteiger partial charge in [0.15, 0.2) is 0 Å². The lowest BCUT2D eigenvalue weighted by Gasteiger charge is -2.18. The lowest BCUT2D eigenvalue weighted by Crippen LogP contribution is -2.30. The van der Waals surface area contributed by atoms with E-state index in [0.717, 1.165) is 6.07 Å². The van der Waals surface area contributed by atoms with E-state index in [0.29, 0.717) is 0 Å². The minimum absolute atomic E-state index is 0.0601. The Balaban J connectivity index is 2.39. The first kappa shape index (κ1) is 24.2. The van der Waals surface area contributed by atoms with Gasteiger partial charge in [0.2, 0.25) is 10.0 Å². The fraction of sp³-hybridized carbons (Fsp3) is 0.316. The maximum Gasteiger partial charge on any atom is 0.387 e. The maximum atomic E-state index is 12.6. The average molecular weight is 456 g/mol. The highest BCUT2D eigenvalue weighted by Gasteiger charge is 2.25. The standard InChI is InChI=1S/C19H22F2N4O5S/c1-4-24(5-2)31(28,29)14-10-11-16(17(12-14)25(26)27)23-22-13(3)15-8-6-7-9-18(15)30-19(20)21/h6-12,19,23H,4-5H2,1-3H3/b22-13-. The zero-order valence-corrected chi connectivity index (χ0v) is 17.9. The molecule has 0 atom stereocenters. The van der Waals surface area contributed by atoms with Crippen LogP contribution in [0.25, 0.3) is 0 Å². The van der Waals surface area contributed by atoms with E-state index in [4.69, 9.17) is 0 Å². The molecule has 0 spiro atoms. The van der Waals surface area contributed by atoms with E-state index in [1.165, 1.54) is 41.6 Å². The van der Waals surface area contributed by atoms with Crippen LogP contribution in [0.2, 0.25) is 0 Å². The number of benzene rings is 2. The van der Waals surface area contributed by atoms with Gasteiger partial charge < -0.3 is 4.74 Å². The number of nitro benzene ring substituents is 1. The fourth-order valence-electron chi connectivity index (χ4n) is 2.80. The van der Waals surface area contributed by atoms with E-state index in [2.05, 4.69) is 15.3 Å². The summed E-state index contributed by atoms with van der Waals surface area (Å²) in [4.78, 5) is 10.6. The SMILES string of the molecule is CCN(CC)S(=O)(=O)c1ccc(N/N=C(/C)c2ccccc2OC(F)F)c([N+](=O)[O-])c1. The number of hydrazone groups is 1. The molecule has 168 valence electrons. The van der Waals surface area contributed by atoms with Gasteiger partial charge in [-0.1, -0.05) is 26.0 Å². The molecule has 0 aliphatic heterocycles. The molecule has 0 aliphatic carbocycles. The van der Waals surface area contributed by atoms with Gasteiger partial charge in [-0.15, -0.1) is 0 Å². The van der Waals surface area contributed by atoms with Crippen LogP contribution in [0, 0.1) is 10.1 Å². The van der Waals surface area contributed by atoms with Crippen LogP contribution in [-0.4, -0.2) is 43.1 Å². The smallest absolute Gasteiger partial charge is 0.387 e. The minimum Gasteiger partial charge on any atom is -0.434 e. The second kappa shape index (κ2) is 10.3. The summed E-state index contributed by atoms with van der Waals surface area (Å²) in [7, 11) is -3.89. The summed E-state index contributed by atoms with van der Waals surface area (Å²) in [5.74, 6) is -0.101. The Hall–Kier alpha value is -3.12. The molecule has 2 rings (SSSR count). The average Bonchev–Trinajstić information content (AvgIpc) is 2.72. The number of para-hydroxylation sites is 1. The second-order valence-electron chi connectivity index (χ2n) is 6.21. The van der Waals surface area contributed by atoms with Crippen LogP contribution < -0.4 is 10.2 Å². The van der Waals surface area contributed by atoms with Crippen molar-refractivity contribution in [2.24, 2.45) is 5.10 Å². The van der Waals surface area contributed by atoms with Crippen LogP contribution in [-0.2, 0) is 10.0 Å². The van der Waals surface area contributed by atoms with Gasteiger partial charge in [0.25, 0.3) is 5.69 Å². The Labute approximate surface area is 178 Å². The number of alkyl halides is 2. The van der Waals surface area contributed by atoms with Crippen molar-refractivity contribution in [3.63, 3.8) is 0 Å². The van der Waals surface area contributed by atoms with Gasteiger partial charge in [-0.2, -0.15) is 18.2 Å². The molecule has 0 fully saturated rings. The molecule has 0 aliphatic rings. The highest BCUT2D eigenvalue weighted by molar-refractivity contribution is 7.89. The molecule has 0 radical (unpaired) electrons. The van der Waals surface area contributed by atoms with Crippen LogP contribution >= 0.6 is 0 Å². The number of rotatable bonds is 10. The Morgan fingerprint density at radius 2 is 1.87 bits per heavy atom. The Bertz CT molecular complexity index is 1070. The van der Waals surface area contributed by atoms with Crippen molar-refractivity contribution in [2.45, 2.75) is 32.3 Å². The number of sulfonamides is 1. The number of nitro groups is 1. The molecule has 0 unspecified atom stereocenters. The highest BCUT2D eigenvalue weighted by atomic mass is 32.2. The minimum atomic E-state index is -3.89. The monoisotopic (exact) mass is 456 g/mol. The van der Waals surface area contributed by atoms with Gasteiger partial charge in [0, 0.05) is 24.7 Å². The quantitative estimate of drug-likeness (QED) is 0.328. The van der Waals surface area contributed by atoms with E-state index in [-0.39, 0.29) is 40.7 Å². The number of halogens is 2. The summed E-state index contributed by atoms with van der Waals surface area (Å²) in [5.41, 5.74) is 2.44. The summed E-state index contributed by atoms with van der Waals surface area (Å²) in [6.07, 6.45) is 0. The van der Waals surface area contributed by atoms with E-state index in [9.17, 15) is 27.3 Å². The number of hydrogen-bond donors (Lipinski definition) is 1. The zero-order chi connectivity index (χ0) is 23.2. The normalized spacial score (nSPS) is 12.3. The maximum absolute atomic E-state index is 12.6. The summed E-state index contributed by atoms with van der Waals surface area (Å²) in [6.45, 7) is 2.25. The Morgan fingerprint density at radius 3 is 2.45 bits per heavy atom. The fourth-order valence-corrected chi connectivity index (χ4v) is 4.28. The lowest BCUT2D eigenvalue weighted by atomic mass is 10.1. The van der Waals surface area contributed by atoms with Crippen LogP contribution in [0.1, 0.15) is 26.3 Å². The molecule has 31 heavy (non-hydrogen) atoms. The topological polar surface area (TPSA) is 114 Å². The summed E-state index contributed by atoms with van der Waals surface area (Å²) in [5, 5.41) is 15.5. The van der Waals surface area contributed by atoms with Crippen molar-refractivity contribution in [1.82, 2.24) is 4.31 Å². The number of hydrogen-bond acceptors (Lipinski definition) is 7. The van der Waals surface area contributed by atoms with Crippen molar-refractivity contribution >= 4 is 27.1 Å². The lowest BCUT2D eigenvalue weighted by molar-refractivity contribution is -0.384. The first-order valence-corrected chi connectivity index (χ1v) is 10.7. The van der Waals surface area contributed by atoms with Crippen LogP contribution in [0.3, 0.4) is 0 Å². The van der Waals surface area contributed by atoms with Gasteiger partial charge in [-0.05, 0) is 31.2 Å². The molecule has 2 aromatic rings. The molecule has 0 amide bonds. The first-order chi connectivity index (χ1) is 14.6. The van der Waals surface area contributed by atoms with Crippen molar-refractivity contribution in [3.8, 4) is 5.75 Å². The summed E-state index contributed by atoms with van der Waals surface area (Å²) in [6, 6.07) is 9.38. The van der Waals surface area contributed by atoms with Crippen molar-refractivity contribution in [1.29, 1.82) is 0 Å². The van der Waals surface area contributed by atoms with E-state index >= 15 is 0 Å². The summed E-state index contributed by atoms with van der Waals surface area (Å²) >= 11 is 0. The number of anilines is 1. The molecule has 1 N–H and O–H groups in total. The molecular weight excluding hydrogens is 434 g/mol. The highest BCUT2D eigenvalue weighted by Crippen LogP contribution is 2.29. The summed E-state index contributed by atoms with van der Waals surface area (Å²) < 4.78 is 56.1. The second-order valence-corrected chi connectivity index (χ2v) is 8.15. The van der Waals surface area contributed by atoms with E-state index in [1.807, 2.05) is 0 Å². The molecular formula is C19H22F2N4O5S. The number of ether oxygens (including phenoxy) is 1. The van der Waals surface area contributed by atoms with Crippen molar-refractivity contribution in [3.05, 3.63) is 58.1 Å². The van der Waals surface area contributed by atoms with Gasteiger partial charge in [-0.25, -0.2) is 8.42 Å². The van der Waals surface area contributed by atoms with Crippen molar-refractivity contribution in [2.75, 3.05) is 18.5 Å². The molecule has 9 nitrogen and oxygen atoms in total. The molecule has 0 saturated carbocycles. The van der Waals surface area contributed by atoms with Gasteiger partial charge in [0.05, 0.1) is 15.5 Å². The van der Waals surface area contributed by atoms with Crippen molar-refractivity contribution < 1.29 is 26.9 Å². The van der Waals surface area contributed by atoms with Crippen LogP contribution in [0.4, 0.5) is 20.2 Å². The predicted molar refractivity (Wildman–Crippen MR) is 112 cm³/mol. The van der Waals surface area contributed by atoms with Crippen LogP contribution in [0.5, 0.6) is 5.75 Å². The third-order valence-electron chi connectivity index (χ3n) is 4.35. The van der Waals surface area contributed by atoms with Crippen LogP contribution in [0.15, 0.2) is 52.5 Å². The first-order valence-electron chi connectivity index (χ1n) is 9.24. The third kappa shape index (κ3) is 5.73. The van der Waals surface area contributed by atoms with E-state index < -0.39 is 27.2 Å². The molecule has 0 saturated heterocycles. The largest absolute Gasteiger partial charge is 0.434 e. The Morgan fingerprint density at radius 1 is 1.23 bits per heavy atom. The predicted octanol–water partition coefficient (Wildman–Crippen LogP) is 4.06. The molecule has 2 aromatic carbocycles. The Kier molecular flexibility index (Phi) is 8.00.